The van der Waals surface area contributed by atoms with Gasteiger partial charge in [0.25, 0.3) is 0 Å². The second kappa shape index (κ2) is 5.50. The van der Waals surface area contributed by atoms with Crippen LogP contribution in [0.4, 0.5) is 17.6 Å². The van der Waals surface area contributed by atoms with Crippen LogP contribution in [0.1, 0.15) is 67.6 Å². The van der Waals surface area contributed by atoms with E-state index >= 15 is 0 Å². The van der Waals surface area contributed by atoms with Gasteiger partial charge >= 0.3 is 0 Å². The van der Waals surface area contributed by atoms with Gasteiger partial charge in [-0.1, -0.05) is 30.9 Å². The number of allylic oxidation sites excluding steroid dienone is 4. The lowest BCUT2D eigenvalue weighted by atomic mass is 9.82. The molecule has 4 rings (SSSR count). The van der Waals surface area contributed by atoms with Gasteiger partial charge in [-0.25, -0.2) is 17.6 Å². The Kier molecular flexibility index (Phi) is 3.58. The summed E-state index contributed by atoms with van der Waals surface area (Å²) < 4.78 is 57.0. The summed E-state index contributed by atoms with van der Waals surface area (Å²) in [5.41, 5.74) is 1.64. The molecule has 0 amide bonds. The van der Waals surface area contributed by atoms with E-state index in [1.807, 2.05) is 0 Å². The maximum absolute atomic E-state index is 14.7. The number of rotatable bonds is 1. The summed E-state index contributed by atoms with van der Waals surface area (Å²) in [4.78, 5) is 0. The van der Waals surface area contributed by atoms with Gasteiger partial charge in [0, 0.05) is 17.6 Å². The van der Waals surface area contributed by atoms with Crippen LogP contribution in [-0.2, 0) is 6.42 Å². The van der Waals surface area contributed by atoms with Crippen molar-refractivity contribution in [3.63, 3.8) is 0 Å². The minimum Gasteiger partial charge on any atom is -0.209 e. The van der Waals surface area contributed by atoms with Crippen molar-refractivity contribution in [2.75, 3.05) is 0 Å². The van der Waals surface area contributed by atoms with Gasteiger partial charge in [-0.15, -0.1) is 0 Å². The van der Waals surface area contributed by atoms with E-state index in [1.165, 1.54) is 0 Å². The van der Waals surface area contributed by atoms with Crippen molar-refractivity contribution in [1.82, 2.24) is 0 Å². The molecule has 0 saturated heterocycles. The van der Waals surface area contributed by atoms with Crippen molar-refractivity contribution in [2.45, 2.75) is 57.3 Å². The fourth-order valence-corrected chi connectivity index (χ4v) is 4.30. The molecule has 0 radical (unpaired) electrons. The molecule has 0 bridgehead atoms. The fraction of sp³-hybridized carbons (Fsp3) is 0.474. The summed E-state index contributed by atoms with van der Waals surface area (Å²) in [6, 6.07) is 1.70. The van der Waals surface area contributed by atoms with Gasteiger partial charge in [-0.3, -0.25) is 0 Å². The molecular formula is C19H18F4. The maximum atomic E-state index is 14.7. The largest absolute Gasteiger partial charge is 0.209 e. The molecule has 3 aliphatic rings. The van der Waals surface area contributed by atoms with E-state index in [2.05, 4.69) is 0 Å². The molecule has 1 aromatic rings. The van der Waals surface area contributed by atoms with E-state index < -0.39 is 23.3 Å². The number of benzene rings is 1. The molecule has 122 valence electrons. The lowest BCUT2D eigenvalue weighted by molar-refractivity contribution is 0.416. The highest BCUT2D eigenvalue weighted by atomic mass is 19.2. The van der Waals surface area contributed by atoms with Crippen LogP contribution in [0.2, 0.25) is 0 Å². The summed E-state index contributed by atoms with van der Waals surface area (Å²) in [5, 5.41) is 0. The minimum atomic E-state index is -1.01. The van der Waals surface area contributed by atoms with E-state index in [0.717, 1.165) is 32.1 Å². The predicted molar refractivity (Wildman–Crippen MR) is 81.3 cm³/mol. The highest BCUT2D eigenvalue weighted by Gasteiger charge is 2.35. The summed E-state index contributed by atoms with van der Waals surface area (Å²) >= 11 is 0. The lowest BCUT2D eigenvalue weighted by Crippen LogP contribution is -2.10. The van der Waals surface area contributed by atoms with Crippen LogP contribution in [0.5, 0.6) is 0 Å². The van der Waals surface area contributed by atoms with Crippen LogP contribution in [-0.4, -0.2) is 0 Å². The molecule has 0 aromatic heterocycles. The van der Waals surface area contributed by atoms with Crippen molar-refractivity contribution in [2.24, 2.45) is 0 Å². The fourth-order valence-electron chi connectivity index (χ4n) is 4.30. The van der Waals surface area contributed by atoms with Gasteiger partial charge in [-0.05, 0) is 42.7 Å². The highest BCUT2D eigenvalue weighted by Crippen LogP contribution is 2.48. The average Bonchev–Trinajstić information content (AvgIpc) is 2.94. The molecule has 23 heavy (non-hydrogen) atoms. The first kappa shape index (κ1) is 15.0. The summed E-state index contributed by atoms with van der Waals surface area (Å²) in [7, 11) is 0. The first-order chi connectivity index (χ1) is 11.1. The van der Waals surface area contributed by atoms with Gasteiger partial charge in [0.2, 0.25) is 0 Å². The normalized spacial score (nSPS) is 21.7. The molecule has 0 nitrogen and oxygen atoms in total. The van der Waals surface area contributed by atoms with Crippen LogP contribution in [0.25, 0.3) is 5.57 Å². The monoisotopic (exact) mass is 322 g/mol. The molecule has 0 N–H and O–H groups in total. The van der Waals surface area contributed by atoms with Gasteiger partial charge in [0.05, 0.1) is 0 Å². The Bertz CT molecular complexity index is 736. The van der Waals surface area contributed by atoms with E-state index in [0.29, 0.717) is 29.5 Å². The Morgan fingerprint density at radius 1 is 0.870 bits per heavy atom. The van der Waals surface area contributed by atoms with Crippen molar-refractivity contribution in [1.29, 1.82) is 0 Å². The molecule has 0 spiro atoms. The summed E-state index contributed by atoms with van der Waals surface area (Å²) in [5.74, 6) is -3.69. The average molecular weight is 322 g/mol. The van der Waals surface area contributed by atoms with Gasteiger partial charge in [0.15, 0.2) is 17.5 Å². The third-order valence-corrected chi connectivity index (χ3v) is 5.47. The van der Waals surface area contributed by atoms with Gasteiger partial charge < -0.3 is 0 Å². The van der Waals surface area contributed by atoms with E-state index in [4.69, 9.17) is 0 Å². The molecular weight excluding hydrogens is 304 g/mol. The zero-order chi connectivity index (χ0) is 16.1. The third-order valence-electron chi connectivity index (χ3n) is 5.47. The number of fused-ring (bicyclic) bond motifs is 2. The van der Waals surface area contributed by atoms with Crippen molar-refractivity contribution < 1.29 is 17.6 Å². The first-order valence-electron chi connectivity index (χ1n) is 8.35. The molecule has 0 heterocycles. The minimum absolute atomic E-state index is 0.0121. The molecule has 1 aromatic carbocycles. The molecule has 1 fully saturated rings. The predicted octanol–water partition coefficient (Wildman–Crippen LogP) is 6.27. The molecule has 0 unspecified atom stereocenters. The summed E-state index contributed by atoms with van der Waals surface area (Å²) in [6.07, 6.45) is 5.72. The zero-order valence-electron chi connectivity index (χ0n) is 12.8. The van der Waals surface area contributed by atoms with Crippen LogP contribution < -0.4 is 0 Å². The smallest absolute Gasteiger partial charge is 0.167 e. The van der Waals surface area contributed by atoms with E-state index in [-0.39, 0.29) is 23.5 Å². The van der Waals surface area contributed by atoms with Crippen LogP contribution in [0, 0.1) is 11.6 Å². The first-order valence-corrected chi connectivity index (χ1v) is 8.35. The van der Waals surface area contributed by atoms with E-state index in [1.54, 1.807) is 6.07 Å². The quantitative estimate of drug-likeness (QED) is 0.535. The summed E-state index contributed by atoms with van der Waals surface area (Å²) in [6.45, 7) is 0. The number of halogens is 4. The van der Waals surface area contributed by atoms with Crippen molar-refractivity contribution in [3.8, 4) is 0 Å². The van der Waals surface area contributed by atoms with Crippen molar-refractivity contribution in [3.05, 3.63) is 51.6 Å². The second-order valence-electron chi connectivity index (χ2n) is 6.84. The van der Waals surface area contributed by atoms with Gasteiger partial charge in [0.1, 0.15) is 5.83 Å². The topological polar surface area (TPSA) is 0 Å². The third kappa shape index (κ3) is 2.26. The highest BCUT2D eigenvalue weighted by molar-refractivity contribution is 5.87. The number of hydrogen-bond donors (Lipinski definition) is 0. The van der Waals surface area contributed by atoms with Crippen molar-refractivity contribution >= 4 is 5.57 Å². The molecule has 0 atom stereocenters. The van der Waals surface area contributed by atoms with Crippen LogP contribution >= 0.6 is 0 Å². The van der Waals surface area contributed by atoms with E-state index in [9.17, 15) is 17.6 Å². The Morgan fingerprint density at radius 3 is 2.35 bits per heavy atom. The second-order valence-corrected chi connectivity index (χ2v) is 6.84. The Balaban J connectivity index is 1.82. The Morgan fingerprint density at radius 2 is 1.61 bits per heavy atom. The molecule has 4 heteroatoms. The molecule has 3 aliphatic carbocycles. The van der Waals surface area contributed by atoms with Crippen LogP contribution in [0.15, 0.2) is 23.3 Å². The molecule has 0 aliphatic heterocycles. The number of hydrogen-bond acceptors (Lipinski definition) is 0. The Hall–Kier alpha value is -1.58. The lowest BCUT2D eigenvalue weighted by Gasteiger charge is -2.23. The maximum Gasteiger partial charge on any atom is 0.167 e. The SMILES string of the molecule is FC1=C(F)C2=C(CC1)Cc1cc(C3CCCCC3)c(F)c(F)c12. The standard InChI is InChI=1S/C19H18F4/c20-14-7-6-11-8-12-9-13(10-4-2-1-3-5-10)17(21)19(23)16(12)15(11)18(14)22/h9-10H,1-8H2. The molecule has 1 saturated carbocycles. The van der Waals surface area contributed by atoms with Gasteiger partial charge in [-0.2, -0.15) is 0 Å². The Labute approximate surface area is 132 Å². The van der Waals surface area contributed by atoms with Crippen LogP contribution in [0.3, 0.4) is 0 Å². The zero-order valence-corrected chi connectivity index (χ0v) is 12.8.